The Labute approximate surface area is 232 Å². The molecule has 0 aromatic heterocycles. The molecular weight excluding hydrogens is 536 g/mol. The Morgan fingerprint density at radius 3 is 2.27 bits per heavy atom. The lowest BCUT2D eigenvalue weighted by atomic mass is 9.69. The number of rotatable bonds is 10. The molecule has 4 aromatic rings. The molecule has 0 saturated carbocycles. The normalized spacial score (nSPS) is 16.6. The van der Waals surface area contributed by atoms with Crippen molar-refractivity contribution in [2.75, 3.05) is 30.6 Å². The largest absolute Gasteiger partial charge is 0.493 e. The summed E-state index contributed by atoms with van der Waals surface area (Å²) in [7, 11) is -0.779. The molecule has 37 heavy (non-hydrogen) atoms. The fourth-order valence-electron chi connectivity index (χ4n) is 5.70. The van der Waals surface area contributed by atoms with E-state index in [1.807, 2.05) is 18.2 Å². The summed E-state index contributed by atoms with van der Waals surface area (Å²) < 4.78 is 7.24. The van der Waals surface area contributed by atoms with Crippen LogP contribution in [0.25, 0.3) is 17.2 Å². The fourth-order valence-corrected chi connectivity index (χ4v) is 7.73. The van der Waals surface area contributed by atoms with E-state index in [0.717, 1.165) is 34.6 Å². The van der Waals surface area contributed by atoms with E-state index in [0.29, 0.717) is 0 Å². The molecule has 5 rings (SSSR count). The topological polar surface area (TPSA) is 9.23 Å². The second-order valence-corrected chi connectivity index (χ2v) is 15.7. The quantitative estimate of drug-likeness (QED) is 0.184. The van der Waals surface area contributed by atoms with Gasteiger partial charge in [0.2, 0.25) is 0 Å². The van der Waals surface area contributed by atoms with Gasteiger partial charge in [0, 0.05) is 15.6 Å². The van der Waals surface area contributed by atoms with Crippen LogP contribution in [0.15, 0.2) is 108 Å². The Morgan fingerprint density at radius 1 is 0.811 bits per heavy atom. The highest BCUT2D eigenvalue weighted by atomic mass is 79.9. The first kappa shape index (κ1) is 25.9. The van der Waals surface area contributed by atoms with Crippen molar-refractivity contribution in [3.63, 3.8) is 0 Å². The minimum atomic E-state index is -0.779. The smallest absolute Gasteiger partial charge is 0.119 e. The standard InChI is InChI=1S/C34H35BrOS/c1-4-26-15-18-29(19-16-26)36-22-24-37(2,3)23-10-21-34(27-11-6-5-7-12-27)32-14-9-8-13-30(32)31-20-17-28(35)25-33(31)34/h4-9,11-20,25H,1,10,21-24H2,2-3H3. The van der Waals surface area contributed by atoms with Crippen LogP contribution in [0, 0.1) is 0 Å². The van der Waals surface area contributed by atoms with E-state index in [-0.39, 0.29) is 5.41 Å². The molecule has 0 radical (unpaired) electrons. The van der Waals surface area contributed by atoms with E-state index in [2.05, 4.69) is 120 Å². The maximum atomic E-state index is 6.10. The number of hydrogen-bond acceptors (Lipinski definition) is 1. The van der Waals surface area contributed by atoms with Crippen molar-refractivity contribution < 1.29 is 4.74 Å². The molecule has 0 amide bonds. The molecule has 190 valence electrons. The zero-order chi connectivity index (χ0) is 25.9. The number of fused-ring (bicyclic) bond motifs is 3. The Hall–Kier alpha value is -2.75. The summed E-state index contributed by atoms with van der Waals surface area (Å²) in [5.41, 5.74) is 7.98. The Kier molecular flexibility index (Phi) is 7.65. The van der Waals surface area contributed by atoms with Gasteiger partial charge in [0.25, 0.3) is 0 Å². The average molecular weight is 572 g/mol. The van der Waals surface area contributed by atoms with Gasteiger partial charge < -0.3 is 4.74 Å². The summed E-state index contributed by atoms with van der Waals surface area (Å²) in [6, 6.07) is 35.1. The van der Waals surface area contributed by atoms with E-state index in [9.17, 15) is 0 Å². The van der Waals surface area contributed by atoms with Crippen LogP contribution in [0.1, 0.15) is 35.1 Å². The summed E-state index contributed by atoms with van der Waals surface area (Å²) in [6.45, 7) is 4.59. The zero-order valence-corrected chi connectivity index (χ0v) is 24.2. The van der Waals surface area contributed by atoms with Gasteiger partial charge >= 0.3 is 0 Å². The SMILES string of the molecule is C=Cc1ccc(OCCS(C)(C)CCCC2(c3ccccc3)c3ccccc3-c3ccc(Br)cc32)cc1. The van der Waals surface area contributed by atoms with Crippen LogP contribution in [0.2, 0.25) is 0 Å². The van der Waals surface area contributed by atoms with Gasteiger partial charge in [0.15, 0.2) is 0 Å². The second-order valence-electron chi connectivity index (χ2n) is 10.4. The maximum Gasteiger partial charge on any atom is 0.119 e. The number of ether oxygens (including phenoxy) is 1. The predicted molar refractivity (Wildman–Crippen MR) is 166 cm³/mol. The molecule has 1 unspecified atom stereocenters. The third kappa shape index (κ3) is 5.30. The van der Waals surface area contributed by atoms with Crippen LogP contribution in [0.3, 0.4) is 0 Å². The Balaban J connectivity index is 1.36. The predicted octanol–water partition coefficient (Wildman–Crippen LogP) is 9.33. The number of hydrogen-bond donors (Lipinski definition) is 0. The van der Waals surface area contributed by atoms with E-state index in [1.54, 1.807) is 0 Å². The summed E-state index contributed by atoms with van der Waals surface area (Å²) >= 11 is 3.77. The molecule has 4 aromatic carbocycles. The van der Waals surface area contributed by atoms with Crippen LogP contribution in [-0.2, 0) is 5.41 Å². The summed E-state index contributed by atoms with van der Waals surface area (Å²) in [5.74, 6) is 3.27. The molecule has 0 N–H and O–H groups in total. The highest BCUT2D eigenvalue weighted by Crippen LogP contribution is 2.56. The molecule has 0 spiro atoms. The second kappa shape index (κ2) is 10.9. The molecule has 1 atom stereocenters. The molecule has 1 nitrogen and oxygen atoms in total. The molecule has 0 heterocycles. The summed E-state index contributed by atoms with van der Waals surface area (Å²) in [6.07, 6.45) is 9.04. The number of halogens is 1. The van der Waals surface area contributed by atoms with Crippen molar-refractivity contribution in [2.45, 2.75) is 18.3 Å². The van der Waals surface area contributed by atoms with Gasteiger partial charge in [-0.1, -0.05) is 101 Å². The van der Waals surface area contributed by atoms with Gasteiger partial charge in [-0.05, 0) is 88.8 Å². The van der Waals surface area contributed by atoms with E-state index < -0.39 is 10.0 Å². The van der Waals surface area contributed by atoms with Crippen molar-refractivity contribution in [1.82, 2.24) is 0 Å². The first-order chi connectivity index (χ1) is 17.9. The van der Waals surface area contributed by atoms with Gasteiger partial charge in [0.1, 0.15) is 5.75 Å². The van der Waals surface area contributed by atoms with Crippen molar-refractivity contribution >= 4 is 32.0 Å². The molecule has 3 heteroatoms. The van der Waals surface area contributed by atoms with Gasteiger partial charge in [-0.3, -0.25) is 0 Å². The lowest BCUT2D eigenvalue weighted by molar-refractivity contribution is 0.343. The van der Waals surface area contributed by atoms with Crippen molar-refractivity contribution in [3.8, 4) is 16.9 Å². The minimum absolute atomic E-state index is 0.129. The molecule has 0 aliphatic heterocycles. The van der Waals surface area contributed by atoms with Crippen molar-refractivity contribution in [1.29, 1.82) is 0 Å². The van der Waals surface area contributed by atoms with Gasteiger partial charge in [-0.25, -0.2) is 10.0 Å². The van der Waals surface area contributed by atoms with Crippen LogP contribution < -0.4 is 4.74 Å². The van der Waals surface area contributed by atoms with Gasteiger partial charge in [-0.15, -0.1) is 0 Å². The average Bonchev–Trinajstić information content (AvgIpc) is 3.19. The van der Waals surface area contributed by atoms with Crippen LogP contribution >= 0.6 is 26.0 Å². The lowest BCUT2D eigenvalue weighted by Gasteiger charge is -2.36. The maximum absolute atomic E-state index is 6.10. The van der Waals surface area contributed by atoms with Crippen LogP contribution in [-0.4, -0.2) is 30.6 Å². The Morgan fingerprint density at radius 2 is 1.51 bits per heavy atom. The van der Waals surface area contributed by atoms with Crippen LogP contribution in [0.5, 0.6) is 5.75 Å². The zero-order valence-electron chi connectivity index (χ0n) is 21.8. The lowest BCUT2D eigenvalue weighted by Crippen LogP contribution is -2.28. The van der Waals surface area contributed by atoms with E-state index >= 15 is 0 Å². The fraction of sp³-hybridized carbons (Fsp3) is 0.235. The van der Waals surface area contributed by atoms with E-state index in [1.165, 1.54) is 40.0 Å². The van der Waals surface area contributed by atoms with E-state index in [4.69, 9.17) is 4.74 Å². The first-order valence-electron chi connectivity index (χ1n) is 12.9. The molecule has 1 aliphatic rings. The van der Waals surface area contributed by atoms with Gasteiger partial charge in [0.05, 0.1) is 6.61 Å². The van der Waals surface area contributed by atoms with Crippen molar-refractivity contribution in [3.05, 3.63) is 130 Å². The first-order valence-corrected chi connectivity index (χ1v) is 16.5. The summed E-state index contributed by atoms with van der Waals surface area (Å²) in [5, 5.41) is 0. The monoisotopic (exact) mass is 570 g/mol. The molecule has 1 aliphatic carbocycles. The van der Waals surface area contributed by atoms with Gasteiger partial charge in [-0.2, -0.15) is 0 Å². The molecular formula is C34H35BrOS. The molecule has 0 bridgehead atoms. The third-order valence-electron chi connectivity index (χ3n) is 7.65. The number of benzene rings is 4. The minimum Gasteiger partial charge on any atom is -0.493 e. The highest BCUT2D eigenvalue weighted by molar-refractivity contribution is 9.10. The Bertz CT molecular complexity index is 1380. The van der Waals surface area contributed by atoms with Crippen LogP contribution in [0.4, 0.5) is 0 Å². The highest BCUT2D eigenvalue weighted by Gasteiger charge is 2.44. The molecule has 0 fully saturated rings. The third-order valence-corrected chi connectivity index (χ3v) is 10.8. The summed E-state index contributed by atoms with van der Waals surface area (Å²) in [4.78, 5) is 0. The molecule has 0 saturated heterocycles. The van der Waals surface area contributed by atoms with Crippen molar-refractivity contribution in [2.24, 2.45) is 0 Å².